The highest BCUT2D eigenvalue weighted by molar-refractivity contribution is 6.30. The van der Waals surface area contributed by atoms with Gasteiger partial charge in [-0.25, -0.2) is 0 Å². The number of carbonyl (C=O) groups is 1. The quantitative estimate of drug-likeness (QED) is 0.870. The summed E-state index contributed by atoms with van der Waals surface area (Å²) in [4.78, 5) is 18.4. The first-order valence-corrected chi connectivity index (χ1v) is 9.56. The fourth-order valence-electron chi connectivity index (χ4n) is 3.60. The van der Waals surface area contributed by atoms with Gasteiger partial charge in [-0.3, -0.25) is 4.79 Å². The standard InChI is InChI=1S/C21H26ClN3O/c1-17(21(26)23(2)16-18-7-4-3-5-8-18)24-11-13-25(14-12-24)20-10-6-9-19(22)15-20/h3-10,15,17H,11-14,16H2,1-2H3/p+1/t17-/m1/s1. The number of amides is 1. The summed E-state index contributed by atoms with van der Waals surface area (Å²) in [5, 5.41) is 0.767. The maximum Gasteiger partial charge on any atom is 0.280 e. The first-order chi connectivity index (χ1) is 12.5. The third-order valence-corrected chi connectivity index (χ3v) is 5.44. The van der Waals surface area contributed by atoms with E-state index in [4.69, 9.17) is 11.6 Å². The number of nitrogens with one attached hydrogen (secondary N) is 1. The van der Waals surface area contributed by atoms with Gasteiger partial charge in [-0.15, -0.1) is 0 Å². The fraction of sp³-hybridized carbons (Fsp3) is 0.381. The molecule has 1 fully saturated rings. The Morgan fingerprint density at radius 1 is 1.15 bits per heavy atom. The average molecular weight is 373 g/mol. The molecule has 0 bridgehead atoms. The van der Waals surface area contributed by atoms with E-state index in [1.807, 2.05) is 55.3 Å². The summed E-state index contributed by atoms with van der Waals surface area (Å²) < 4.78 is 0. The first-order valence-electron chi connectivity index (χ1n) is 9.18. The van der Waals surface area contributed by atoms with Crippen LogP contribution in [0.2, 0.25) is 5.02 Å². The zero-order valence-corrected chi connectivity index (χ0v) is 16.2. The lowest BCUT2D eigenvalue weighted by Crippen LogP contribution is -3.19. The van der Waals surface area contributed by atoms with E-state index in [0.717, 1.165) is 42.5 Å². The lowest BCUT2D eigenvalue weighted by molar-refractivity contribution is -0.915. The number of nitrogens with zero attached hydrogens (tertiary/aromatic N) is 2. The number of halogens is 1. The number of anilines is 1. The van der Waals surface area contributed by atoms with Crippen LogP contribution in [0.25, 0.3) is 0 Å². The van der Waals surface area contributed by atoms with E-state index < -0.39 is 0 Å². The van der Waals surface area contributed by atoms with Crippen LogP contribution in [0.15, 0.2) is 54.6 Å². The normalized spacial score (nSPS) is 16.3. The van der Waals surface area contributed by atoms with Crippen LogP contribution in [-0.2, 0) is 11.3 Å². The van der Waals surface area contributed by atoms with Crippen molar-refractivity contribution >= 4 is 23.2 Å². The number of quaternary nitrogens is 1. The molecule has 1 aliphatic heterocycles. The van der Waals surface area contributed by atoms with Gasteiger partial charge >= 0.3 is 0 Å². The molecule has 1 N–H and O–H groups in total. The van der Waals surface area contributed by atoms with Crippen LogP contribution in [0.1, 0.15) is 12.5 Å². The Hall–Kier alpha value is -2.04. The van der Waals surface area contributed by atoms with E-state index in [2.05, 4.69) is 23.1 Å². The molecule has 0 aromatic heterocycles. The summed E-state index contributed by atoms with van der Waals surface area (Å²) in [7, 11) is 1.90. The predicted molar refractivity (Wildman–Crippen MR) is 107 cm³/mol. The molecule has 1 saturated heterocycles. The molecule has 2 aromatic rings. The Bertz CT molecular complexity index is 729. The minimum Gasteiger partial charge on any atom is -0.360 e. The molecule has 138 valence electrons. The predicted octanol–water partition coefficient (Wildman–Crippen LogP) is 2.09. The monoisotopic (exact) mass is 372 g/mol. The molecule has 2 aromatic carbocycles. The van der Waals surface area contributed by atoms with Crippen molar-refractivity contribution in [2.75, 3.05) is 38.1 Å². The second-order valence-corrected chi connectivity index (χ2v) is 7.46. The van der Waals surface area contributed by atoms with Crippen LogP contribution < -0.4 is 9.80 Å². The molecule has 4 nitrogen and oxygen atoms in total. The zero-order valence-electron chi connectivity index (χ0n) is 15.5. The Labute approximate surface area is 161 Å². The number of likely N-dealkylation sites (N-methyl/N-ethyl adjacent to an activating group) is 1. The van der Waals surface area contributed by atoms with Gasteiger partial charge < -0.3 is 14.7 Å². The largest absolute Gasteiger partial charge is 0.360 e. The lowest BCUT2D eigenvalue weighted by atomic mass is 10.1. The number of carbonyl (C=O) groups excluding carboxylic acids is 1. The molecule has 26 heavy (non-hydrogen) atoms. The summed E-state index contributed by atoms with van der Waals surface area (Å²) in [6, 6.07) is 18.1. The number of hydrogen-bond donors (Lipinski definition) is 1. The second kappa shape index (κ2) is 8.56. The molecule has 0 saturated carbocycles. The first kappa shape index (κ1) is 18.7. The van der Waals surface area contributed by atoms with Crippen LogP contribution in [0.3, 0.4) is 0 Å². The zero-order chi connectivity index (χ0) is 18.5. The molecule has 0 radical (unpaired) electrons. The summed E-state index contributed by atoms with van der Waals surface area (Å²) >= 11 is 6.10. The molecular weight excluding hydrogens is 346 g/mol. The van der Waals surface area contributed by atoms with Crippen molar-refractivity contribution < 1.29 is 9.69 Å². The molecule has 1 atom stereocenters. The molecule has 0 aliphatic carbocycles. The summed E-state index contributed by atoms with van der Waals surface area (Å²) in [6.07, 6.45) is 0. The van der Waals surface area contributed by atoms with Gasteiger partial charge in [0.15, 0.2) is 6.04 Å². The smallest absolute Gasteiger partial charge is 0.280 e. The Morgan fingerprint density at radius 2 is 1.85 bits per heavy atom. The van der Waals surface area contributed by atoms with Gasteiger partial charge in [-0.1, -0.05) is 48.0 Å². The van der Waals surface area contributed by atoms with Crippen molar-refractivity contribution in [3.05, 3.63) is 65.2 Å². The van der Waals surface area contributed by atoms with Gasteiger partial charge in [0.25, 0.3) is 5.91 Å². The molecule has 0 unspecified atom stereocenters. The fourth-order valence-corrected chi connectivity index (χ4v) is 3.78. The number of piperazine rings is 1. The van der Waals surface area contributed by atoms with E-state index in [1.54, 1.807) is 0 Å². The van der Waals surface area contributed by atoms with Crippen LogP contribution in [0.5, 0.6) is 0 Å². The minimum absolute atomic E-state index is 0.0229. The van der Waals surface area contributed by atoms with Gasteiger partial charge in [0, 0.05) is 24.3 Å². The highest BCUT2D eigenvalue weighted by Gasteiger charge is 2.31. The van der Waals surface area contributed by atoms with E-state index in [0.29, 0.717) is 6.54 Å². The third-order valence-electron chi connectivity index (χ3n) is 5.20. The Morgan fingerprint density at radius 3 is 2.50 bits per heavy atom. The molecule has 3 rings (SSSR count). The van der Waals surface area contributed by atoms with Crippen molar-refractivity contribution in [1.82, 2.24) is 4.90 Å². The highest BCUT2D eigenvalue weighted by atomic mass is 35.5. The van der Waals surface area contributed by atoms with Crippen molar-refractivity contribution in [3.8, 4) is 0 Å². The maximum absolute atomic E-state index is 12.8. The molecule has 1 aliphatic rings. The van der Waals surface area contributed by atoms with Crippen LogP contribution in [0, 0.1) is 0 Å². The molecule has 1 heterocycles. The molecule has 1 amide bonds. The number of hydrogen-bond acceptors (Lipinski definition) is 2. The summed E-state index contributed by atoms with van der Waals surface area (Å²) in [6.45, 7) is 6.50. The van der Waals surface area contributed by atoms with Crippen molar-refractivity contribution in [2.24, 2.45) is 0 Å². The van der Waals surface area contributed by atoms with Gasteiger partial charge in [-0.05, 0) is 30.7 Å². The summed E-state index contributed by atoms with van der Waals surface area (Å²) in [5.41, 5.74) is 2.33. The van der Waals surface area contributed by atoms with Gasteiger partial charge in [0.1, 0.15) is 0 Å². The molecule has 0 spiro atoms. The third kappa shape index (κ3) is 4.57. The van der Waals surface area contributed by atoms with E-state index in [9.17, 15) is 4.79 Å². The Kier molecular flexibility index (Phi) is 6.17. The second-order valence-electron chi connectivity index (χ2n) is 7.03. The van der Waals surface area contributed by atoms with Crippen molar-refractivity contribution in [2.45, 2.75) is 19.5 Å². The molecule has 5 heteroatoms. The van der Waals surface area contributed by atoms with Crippen molar-refractivity contribution in [1.29, 1.82) is 0 Å². The molecular formula is C21H27ClN3O+. The average Bonchev–Trinajstić information content (AvgIpc) is 2.67. The van der Waals surface area contributed by atoms with Crippen LogP contribution >= 0.6 is 11.6 Å². The maximum atomic E-state index is 12.8. The SMILES string of the molecule is C[C@H](C(=O)N(C)Cc1ccccc1)[NH+]1CCN(c2cccc(Cl)c2)CC1. The van der Waals surface area contributed by atoms with Crippen molar-refractivity contribution in [3.63, 3.8) is 0 Å². The van der Waals surface area contributed by atoms with Gasteiger partial charge in [0.2, 0.25) is 0 Å². The number of benzene rings is 2. The highest BCUT2D eigenvalue weighted by Crippen LogP contribution is 2.19. The van der Waals surface area contributed by atoms with E-state index in [-0.39, 0.29) is 11.9 Å². The van der Waals surface area contributed by atoms with Crippen LogP contribution in [-0.4, -0.2) is 50.1 Å². The number of rotatable bonds is 5. The topological polar surface area (TPSA) is 28.0 Å². The lowest BCUT2D eigenvalue weighted by Gasteiger charge is -2.37. The Balaban J connectivity index is 1.54. The van der Waals surface area contributed by atoms with Crippen LogP contribution in [0.4, 0.5) is 5.69 Å². The van der Waals surface area contributed by atoms with E-state index >= 15 is 0 Å². The summed E-state index contributed by atoms with van der Waals surface area (Å²) in [5.74, 6) is 0.208. The van der Waals surface area contributed by atoms with Gasteiger partial charge in [0.05, 0.1) is 26.2 Å². The van der Waals surface area contributed by atoms with E-state index in [1.165, 1.54) is 4.90 Å². The minimum atomic E-state index is -0.0229. The van der Waals surface area contributed by atoms with Gasteiger partial charge in [-0.2, -0.15) is 0 Å².